The number of ether oxygens (including phenoxy) is 1. The normalized spacial score (nSPS) is 9.50. The molecule has 1 rings (SSSR count). The van der Waals surface area contributed by atoms with Gasteiger partial charge in [-0.3, -0.25) is 14.9 Å². The van der Waals surface area contributed by atoms with Gasteiger partial charge in [0.2, 0.25) is 0 Å². The Hall–Kier alpha value is -2.11. The van der Waals surface area contributed by atoms with E-state index in [1.165, 1.54) is 7.11 Å². The van der Waals surface area contributed by atoms with Crippen molar-refractivity contribution < 1.29 is 19.6 Å². The summed E-state index contributed by atoms with van der Waals surface area (Å²) < 4.78 is 4.70. The first-order valence-electron chi connectivity index (χ1n) is 3.60. The second kappa shape index (κ2) is 3.73. The number of aromatic hydroxyl groups is 1. The third kappa shape index (κ3) is 1.63. The maximum atomic E-state index is 10.5. The quantitative estimate of drug-likeness (QED) is 0.445. The van der Waals surface area contributed by atoms with E-state index in [1.807, 2.05) is 0 Å². The highest BCUT2D eigenvalue weighted by Gasteiger charge is 2.19. The first kappa shape index (κ1) is 9.97. The molecule has 0 heterocycles. The van der Waals surface area contributed by atoms with Gasteiger partial charge in [-0.15, -0.1) is 0 Å². The Morgan fingerprint density at radius 1 is 1.57 bits per heavy atom. The molecule has 0 bridgehead atoms. The minimum Gasteiger partial charge on any atom is -0.507 e. The number of phenolic OH excluding ortho intramolecular Hbond substituents is 1. The Balaban J connectivity index is 3.43. The molecule has 0 aliphatic rings. The van der Waals surface area contributed by atoms with Gasteiger partial charge in [-0.2, -0.15) is 0 Å². The van der Waals surface area contributed by atoms with Crippen LogP contribution in [0.15, 0.2) is 12.1 Å². The lowest BCUT2D eigenvalue weighted by molar-refractivity contribution is -0.385. The number of nitrogens with zero attached hydrogens (tertiary/aromatic N) is 1. The SMILES string of the molecule is COc1cc(O)c(C=O)c([N+](=O)[O-])c1. The van der Waals surface area contributed by atoms with Crippen LogP contribution in [0.5, 0.6) is 11.5 Å². The number of aldehydes is 1. The standard InChI is InChI=1S/C8H7NO5/c1-14-5-2-7(9(12)13)6(4-10)8(11)3-5/h2-4,11H,1H3. The van der Waals surface area contributed by atoms with Gasteiger partial charge in [-0.1, -0.05) is 0 Å². The molecule has 0 aliphatic heterocycles. The molecular weight excluding hydrogens is 190 g/mol. The van der Waals surface area contributed by atoms with E-state index >= 15 is 0 Å². The van der Waals surface area contributed by atoms with Crippen LogP contribution in [0.25, 0.3) is 0 Å². The van der Waals surface area contributed by atoms with E-state index < -0.39 is 16.4 Å². The average molecular weight is 197 g/mol. The topological polar surface area (TPSA) is 89.7 Å². The first-order chi connectivity index (χ1) is 6.60. The maximum absolute atomic E-state index is 10.5. The molecule has 0 radical (unpaired) electrons. The Kier molecular flexibility index (Phi) is 2.66. The lowest BCUT2D eigenvalue weighted by atomic mass is 10.1. The maximum Gasteiger partial charge on any atom is 0.287 e. The van der Waals surface area contributed by atoms with Crippen LogP contribution in [-0.2, 0) is 0 Å². The summed E-state index contributed by atoms with van der Waals surface area (Å²) in [5.41, 5.74) is -0.826. The second-order valence-electron chi connectivity index (χ2n) is 2.45. The molecule has 1 aromatic carbocycles. The summed E-state index contributed by atoms with van der Waals surface area (Å²) in [6.45, 7) is 0. The van der Waals surface area contributed by atoms with E-state index in [9.17, 15) is 20.0 Å². The monoisotopic (exact) mass is 197 g/mol. The molecule has 0 unspecified atom stereocenters. The lowest BCUT2D eigenvalue weighted by Crippen LogP contribution is -1.96. The molecule has 74 valence electrons. The van der Waals surface area contributed by atoms with Gasteiger partial charge < -0.3 is 9.84 Å². The first-order valence-corrected chi connectivity index (χ1v) is 3.60. The highest BCUT2D eigenvalue weighted by Crippen LogP contribution is 2.31. The van der Waals surface area contributed by atoms with Crippen LogP contribution in [0.3, 0.4) is 0 Å². The van der Waals surface area contributed by atoms with Crippen LogP contribution in [0.2, 0.25) is 0 Å². The molecule has 6 nitrogen and oxygen atoms in total. The van der Waals surface area contributed by atoms with Crippen LogP contribution in [0, 0.1) is 10.1 Å². The predicted octanol–water partition coefficient (Wildman–Crippen LogP) is 1.12. The number of benzene rings is 1. The number of carbonyl (C=O) groups excluding carboxylic acids is 1. The largest absolute Gasteiger partial charge is 0.507 e. The van der Waals surface area contributed by atoms with Gasteiger partial charge in [0.1, 0.15) is 17.1 Å². The number of methoxy groups -OCH3 is 1. The summed E-state index contributed by atoms with van der Waals surface area (Å²) >= 11 is 0. The van der Waals surface area contributed by atoms with Crippen molar-refractivity contribution in [3.63, 3.8) is 0 Å². The summed E-state index contributed by atoms with van der Waals surface area (Å²) in [5, 5.41) is 19.7. The molecule has 0 amide bonds. The molecule has 0 aliphatic carbocycles. The third-order valence-corrected chi connectivity index (χ3v) is 1.66. The zero-order valence-electron chi connectivity index (χ0n) is 7.26. The number of rotatable bonds is 3. The third-order valence-electron chi connectivity index (χ3n) is 1.66. The van der Waals surface area contributed by atoms with Crippen molar-refractivity contribution in [2.24, 2.45) is 0 Å². The second-order valence-corrected chi connectivity index (χ2v) is 2.45. The zero-order valence-corrected chi connectivity index (χ0v) is 7.26. The van der Waals surface area contributed by atoms with E-state index in [4.69, 9.17) is 4.74 Å². The molecule has 0 saturated carbocycles. The molecule has 0 spiro atoms. The Labute approximate surface area is 78.9 Å². The molecule has 6 heteroatoms. The summed E-state index contributed by atoms with van der Waals surface area (Å²) in [6, 6.07) is 2.21. The van der Waals surface area contributed by atoms with E-state index in [0.717, 1.165) is 12.1 Å². The smallest absolute Gasteiger partial charge is 0.287 e. The van der Waals surface area contributed by atoms with Crippen molar-refractivity contribution >= 4 is 12.0 Å². The fourth-order valence-corrected chi connectivity index (χ4v) is 0.988. The molecule has 0 aromatic heterocycles. The van der Waals surface area contributed by atoms with Gasteiger partial charge in [0.25, 0.3) is 5.69 Å². The van der Waals surface area contributed by atoms with Crippen molar-refractivity contribution in [2.45, 2.75) is 0 Å². The van der Waals surface area contributed by atoms with Crippen molar-refractivity contribution in [1.82, 2.24) is 0 Å². The summed E-state index contributed by atoms with van der Waals surface area (Å²) in [7, 11) is 1.30. The summed E-state index contributed by atoms with van der Waals surface area (Å²) in [6.07, 6.45) is 0.229. The highest BCUT2D eigenvalue weighted by atomic mass is 16.6. The predicted molar refractivity (Wildman–Crippen MR) is 46.7 cm³/mol. The zero-order chi connectivity index (χ0) is 10.7. The number of nitro benzene ring substituents is 1. The highest BCUT2D eigenvalue weighted by molar-refractivity contribution is 5.86. The van der Waals surface area contributed by atoms with E-state index in [0.29, 0.717) is 0 Å². The number of phenols is 1. The summed E-state index contributed by atoms with van der Waals surface area (Å²) in [5.74, 6) is -0.342. The molecule has 0 atom stereocenters. The molecule has 14 heavy (non-hydrogen) atoms. The Morgan fingerprint density at radius 2 is 2.21 bits per heavy atom. The molecule has 0 saturated heterocycles. The van der Waals surface area contributed by atoms with Crippen molar-refractivity contribution in [1.29, 1.82) is 0 Å². The van der Waals surface area contributed by atoms with Crippen LogP contribution >= 0.6 is 0 Å². The van der Waals surface area contributed by atoms with Crippen LogP contribution in [-0.4, -0.2) is 23.4 Å². The number of nitro groups is 1. The Bertz CT molecular complexity index is 388. The fourth-order valence-electron chi connectivity index (χ4n) is 0.988. The van der Waals surface area contributed by atoms with Crippen LogP contribution in [0.4, 0.5) is 5.69 Å². The molecule has 1 aromatic rings. The van der Waals surface area contributed by atoms with Crippen molar-refractivity contribution in [2.75, 3.05) is 7.11 Å². The number of carbonyl (C=O) groups is 1. The van der Waals surface area contributed by atoms with Gasteiger partial charge in [0.15, 0.2) is 6.29 Å². The van der Waals surface area contributed by atoms with Gasteiger partial charge in [0, 0.05) is 6.07 Å². The fraction of sp³-hybridized carbons (Fsp3) is 0.125. The lowest BCUT2D eigenvalue weighted by Gasteiger charge is -2.03. The van der Waals surface area contributed by atoms with E-state index in [2.05, 4.69) is 0 Å². The molecule has 0 fully saturated rings. The van der Waals surface area contributed by atoms with Gasteiger partial charge >= 0.3 is 0 Å². The minimum absolute atomic E-state index is 0.125. The van der Waals surface area contributed by atoms with Crippen LogP contribution in [0.1, 0.15) is 10.4 Å². The average Bonchev–Trinajstić information content (AvgIpc) is 2.16. The Morgan fingerprint density at radius 3 is 2.64 bits per heavy atom. The summed E-state index contributed by atoms with van der Waals surface area (Å²) in [4.78, 5) is 20.2. The molecular formula is C8H7NO5. The van der Waals surface area contributed by atoms with Gasteiger partial charge in [-0.25, -0.2) is 0 Å². The number of hydrogen-bond acceptors (Lipinski definition) is 5. The number of hydrogen-bond donors (Lipinski definition) is 1. The molecule has 1 N–H and O–H groups in total. The van der Waals surface area contributed by atoms with Gasteiger partial charge in [0.05, 0.1) is 18.1 Å². The minimum atomic E-state index is -0.758. The van der Waals surface area contributed by atoms with Gasteiger partial charge in [-0.05, 0) is 0 Å². The van der Waals surface area contributed by atoms with E-state index in [1.54, 1.807) is 0 Å². The van der Waals surface area contributed by atoms with Crippen molar-refractivity contribution in [3.8, 4) is 11.5 Å². The van der Waals surface area contributed by atoms with Crippen LogP contribution < -0.4 is 4.74 Å². The van der Waals surface area contributed by atoms with E-state index in [-0.39, 0.29) is 17.6 Å². The van der Waals surface area contributed by atoms with Crippen molar-refractivity contribution in [3.05, 3.63) is 27.8 Å².